The molecule has 0 spiro atoms. The fraction of sp³-hybridized carbons (Fsp3) is 0.909. The summed E-state index contributed by atoms with van der Waals surface area (Å²) in [5, 5.41) is 6.66. The van der Waals surface area contributed by atoms with E-state index >= 15 is 0 Å². The lowest BCUT2D eigenvalue weighted by atomic mass is 9.49. The van der Waals surface area contributed by atoms with E-state index in [2.05, 4.69) is 17.6 Å². The molecule has 2 heterocycles. The molecule has 2 aliphatic heterocycles. The van der Waals surface area contributed by atoms with E-state index in [0.717, 1.165) is 75.9 Å². The second-order valence-corrected chi connectivity index (χ2v) is 10.4. The maximum absolute atomic E-state index is 13.7. The topological polar surface area (TPSA) is 61.4 Å². The monoisotopic (exact) mass is 409 g/mol. The van der Waals surface area contributed by atoms with Gasteiger partial charge in [0, 0.05) is 19.1 Å². The van der Waals surface area contributed by atoms with E-state index in [9.17, 15) is 9.59 Å². The predicted molar refractivity (Wildman–Crippen MR) is 111 cm³/mol. The fourth-order valence-corrected chi connectivity index (χ4v) is 7.42. The number of carbonyl (C=O) groups is 2. The van der Waals surface area contributed by atoms with Crippen molar-refractivity contribution in [2.75, 3.05) is 19.6 Å². The van der Waals surface area contributed by atoms with Crippen molar-refractivity contribution >= 4 is 24.2 Å². The molecule has 158 valence electrons. The standard InChI is InChI=1S/C22H35N3O2.ClH/c1-14-4-5-23-13-18(14)24-20(26)19-3-2-6-25(19)21(27)22-10-15-7-16(11-22)9-17(8-15)12-22;/h14-19,23H,2-13H2,1H3,(H,24,26);1H. The van der Waals surface area contributed by atoms with Crippen LogP contribution in [0.1, 0.15) is 64.7 Å². The van der Waals surface area contributed by atoms with Gasteiger partial charge in [0.05, 0.1) is 5.41 Å². The lowest BCUT2D eigenvalue weighted by Gasteiger charge is -2.56. The predicted octanol–water partition coefficient (Wildman–Crippen LogP) is 2.73. The van der Waals surface area contributed by atoms with E-state index in [1.165, 1.54) is 19.3 Å². The molecule has 4 bridgehead atoms. The van der Waals surface area contributed by atoms with Gasteiger partial charge in [-0.05, 0) is 88.0 Å². The molecule has 0 radical (unpaired) electrons. The summed E-state index contributed by atoms with van der Waals surface area (Å²) in [4.78, 5) is 28.8. The van der Waals surface area contributed by atoms with Gasteiger partial charge in [-0.2, -0.15) is 0 Å². The SMILES string of the molecule is CC1CCNCC1NC(=O)C1CCCN1C(=O)C12CC3CC(CC(C3)C1)C2.Cl. The summed E-state index contributed by atoms with van der Waals surface area (Å²) in [5.41, 5.74) is -0.128. The second kappa shape index (κ2) is 7.79. The molecule has 3 unspecified atom stereocenters. The zero-order valence-corrected chi connectivity index (χ0v) is 17.9. The number of piperidine rings is 1. The first kappa shape index (κ1) is 20.5. The summed E-state index contributed by atoms with van der Waals surface area (Å²) in [6.45, 7) is 4.88. The smallest absolute Gasteiger partial charge is 0.243 e. The Morgan fingerprint density at radius 1 is 1.04 bits per heavy atom. The highest BCUT2D eigenvalue weighted by Gasteiger charge is 2.56. The zero-order valence-electron chi connectivity index (χ0n) is 17.1. The summed E-state index contributed by atoms with van der Waals surface area (Å²) >= 11 is 0. The van der Waals surface area contributed by atoms with Crippen LogP contribution in [0.4, 0.5) is 0 Å². The van der Waals surface area contributed by atoms with E-state index in [0.29, 0.717) is 11.8 Å². The Balaban J connectivity index is 0.00000192. The van der Waals surface area contributed by atoms with Gasteiger partial charge in [0.1, 0.15) is 6.04 Å². The Morgan fingerprint density at radius 2 is 1.68 bits per heavy atom. The van der Waals surface area contributed by atoms with Crippen LogP contribution >= 0.6 is 12.4 Å². The van der Waals surface area contributed by atoms with Crippen molar-refractivity contribution in [3.63, 3.8) is 0 Å². The number of likely N-dealkylation sites (tertiary alicyclic amines) is 1. The third-order valence-electron chi connectivity index (χ3n) is 8.46. The lowest BCUT2D eigenvalue weighted by Crippen LogP contribution is -2.59. The summed E-state index contributed by atoms with van der Waals surface area (Å²) in [5.74, 6) is 3.22. The molecule has 6 aliphatic rings. The van der Waals surface area contributed by atoms with Crippen LogP contribution in [0.15, 0.2) is 0 Å². The van der Waals surface area contributed by atoms with Crippen molar-refractivity contribution < 1.29 is 9.59 Å². The molecule has 0 aromatic rings. The van der Waals surface area contributed by atoms with Crippen LogP contribution in [0.25, 0.3) is 0 Å². The van der Waals surface area contributed by atoms with E-state index in [1.807, 2.05) is 4.90 Å². The van der Waals surface area contributed by atoms with Crippen LogP contribution < -0.4 is 10.6 Å². The maximum atomic E-state index is 13.7. The van der Waals surface area contributed by atoms with E-state index in [4.69, 9.17) is 0 Å². The molecule has 2 amide bonds. The largest absolute Gasteiger partial charge is 0.350 e. The quantitative estimate of drug-likeness (QED) is 0.753. The molecule has 6 rings (SSSR count). The van der Waals surface area contributed by atoms with Gasteiger partial charge in [-0.1, -0.05) is 6.92 Å². The minimum atomic E-state index is -0.236. The van der Waals surface area contributed by atoms with E-state index < -0.39 is 0 Å². The number of rotatable bonds is 3. The summed E-state index contributed by atoms with van der Waals surface area (Å²) < 4.78 is 0. The molecule has 4 saturated carbocycles. The van der Waals surface area contributed by atoms with Crippen LogP contribution in [0.5, 0.6) is 0 Å². The van der Waals surface area contributed by atoms with E-state index in [1.54, 1.807) is 0 Å². The summed E-state index contributed by atoms with van der Waals surface area (Å²) in [6.07, 6.45) is 10.2. The van der Waals surface area contributed by atoms with Crippen LogP contribution in [0.3, 0.4) is 0 Å². The molecule has 2 saturated heterocycles. The van der Waals surface area contributed by atoms with Crippen molar-refractivity contribution in [1.82, 2.24) is 15.5 Å². The van der Waals surface area contributed by atoms with Crippen molar-refractivity contribution in [2.24, 2.45) is 29.1 Å². The number of nitrogens with one attached hydrogen (secondary N) is 2. The third-order valence-corrected chi connectivity index (χ3v) is 8.46. The summed E-state index contributed by atoms with van der Waals surface area (Å²) in [7, 11) is 0. The molecule has 5 nitrogen and oxygen atoms in total. The highest BCUT2D eigenvalue weighted by Crippen LogP contribution is 2.60. The Bertz CT molecular complexity index is 590. The first-order valence-electron chi connectivity index (χ1n) is 11.4. The first-order valence-corrected chi connectivity index (χ1v) is 11.4. The molecule has 3 atom stereocenters. The average molecular weight is 410 g/mol. The maximum Gasteiger partial charge on any atom is 0.243 e. The minimum Gasteiger partial charge on any atom is -0.350 e. The Kier molecular flexibility index (Phi) is 5.69. The molecular weight excluding hydrogens is 374 g/mol. The molecule has 6 heteroatoms. The van der Waals surface area contributed by atoms with Gasteiger partial charge >= 0.3 is 0 Å². The van der Waals surface area contributed by atoms with Gasteiger partial charge in [-0.25, -0.2) is 0 Å². The van der Waals surface area contributed by atoms with Crippen molar-refractivity contribution in [3.05, 3.63) is 0 Å². The van der Waals surface area contributed by atoms with Crippen molar-refractivity contribution in [2.45, 2.75) is 76.8 Å². The van der Waals surface area contributed by atoms with Gasteiger partial charge in [0.25, 0.3) is 0 Å². The Hall–Kier alpha value is -0.810. The third kappa shape index (κ3) is 3.47. The molecule has 4 aliphatic carbocycles. The van der Waals surface area contributed by atoms with Crippen LogP contribution in [-0.4, -0.2) is 48.4 Å². The van der Waals surface area contributed by atoms with Crippen LogP contribution in [0, 0.1) is 29.1 Å². The molecule has 0 aromatic carbocycles. The van der Waals surface area contributed by atoms with Crippen LogP contribution in [0.2, 0.25) is 0 Å². The van der Waals surface area contributed by atoms with Gasteiger partial charge < -0.3 is 15.5 Å². The number of halogens is 1. The van der Waals surface area contributed by atoms with Gasteiger partial charge in [-0.3, -0.25) is 9.59 Å². The number of amides is 2. The molecule has 2 N–H and O–H groups in total. The highest BCUT2D eigenvalue weighted by atomic mass is 35.5. The highest BCUT2D eigenvalue weighted by molar-refractivity contribution is 5.91. The fourth-order valence-electron chi connectivity index (χ4n) is 7.42. The van der Waals surface area contributed by atoms with E-state index in [-0.39, 0.29) is 35.8 Å². The number of nitrogens with zero attached hydrogens (tertiary/aromatic N) is 1. The molecule has 6 fully saturated rings. The van der Waals surface area contributed by atoms with Gasteiger partial charge in [-0.15, -0.1) is 12.4 Å². The van der Waals surface area contributed by atoms with Crippen LogP contribution in [-0.2, 0) is 9.59 Å². The van der Waals surface area contributed by atoms with Gasteiger partial charge in [0.2, 0.25) is 11.8 Å². The van der Waals surface area contributed by atoms with Crippen molar-refractivity contribution in [1.29, 1.82) is 0 Å². The zero-order chi connectivity index (χ0) is 18.6. The number of hydrogen-bond acceptors (Lipinski definition) is 3. The Labute approximate surface area is 175 Å². The molecule has 0 aromatic heterocycles. The first-order chi connectivity index (χ1) is 13.0. The number of carbonyl (C=O) groups excluding carboxylic acids is 2. The summed E-state index contributed by atoms with van der Waals surface area (Å²) in [6, 6.07) is -0.0389. The second-order valence-electron chi connectivity index (χ2n) is 10.4. The normalized spacial score (nSPS) is 44.2. The van der Waals surface area contributed by atoms with Gasteiger partial charge in [0.15, 0.2) is 0 Å². The lowest BCUT2D eigenvalue weighted by molar-refractivity contribution is -0.160. The number of hydrogen-bond donors (Lipinski definition) is 2. The molecule has 28 heavy (non-hydrogen) atoms. The molecular formula is C22H36ClN3O2. The van der Waals surface area contributed by atoms with Crippen molar-refractivity contribution in [3.8, 4) is 0 Å². The minimum absolute atomic E-state index is 0. The Morgan fingerprint density at radius 3 is 2.29 bits per heavy atom. The average Bonchev–Trinajstić information content (AvgIpc) is 3.11.